The van der Waals surface area contributed by atoms with Crippen LogP contribution in [0.3, 0.4) is 0 Å². The molecule has 24 heavy (non-hydrogen) atoms. The second kappa shape index (κ2) is 6.02. The quantitative estimate of drug-likeness (QED) is 0.879. The number of nitrogens with one attached hydrogen (secondary N) is 1. The van der Waals surface area contributed by atoms with Gasteiger partial charge in [-0.25, -0.2) is 0 Å². The minimum Gasteiger partial charge on any atom is -0.350 e. The summed E-state index contributed by atoms with van der Waals surface area (Å²) in [7, 11) is 0. The molecule has 0 bridgehead atoms. The summed E-state index contributed by atoms with van der Waals surface area (Å²) < 4.78 is 0. The monoisotopic (exact) mass is 336 g/mol. The minimum absolute atomic E-state index is 0.109. The molecule has 0 spiro atoms. The van der Waals surface area contributed by atoms with E-state index in [1.54, 1.807) is 0 Å². The molecule has 2 heterocycles. The van der Waals surface area contributed by atoms with Crippen LogP contribution >= 0.6 is 11.8 Å². The molecule has 0 radical (unpaired) electrons. The molecule has 4 rings (SSSR count). The van der Waals surface area contributed by atoms with Crippen molar-refractivity contribution < 1.29 is 4.79 Å². The van der Waals surface area contributed by atoms with E-state index in [2.05, 4.69) is 49.5 Å². The third kappa shape index (κ3) is 2.51. The van der Waals surface area contributed by atoms with Crippen molar-refractivity contribution in [1.82, 2.24) is 4.90 Å². The number of benzene rings is 2. The fourth-order valence-corrected chi connectivity index (χ4v) is 4.57. The van der Waals surface area contributed by atoms with Crippen molar-refractivity contribution in [2.24, 2.45) is 0 Å². The highest BCUT2D eigenvalue weighted by Gasteiger charge is 2.38. The Labute approximate surface area is 146 Å². The summed E-state index contributed by atoms with van der Waals surface area (Å²) in [5.41, 5.74) is 4.20. The number of rotatable bonds is 2. The highest BCUT2D eigenvalue weighted by Crippen LogP contribution is 2.49. The number of nitrogens with zero attached hydrogens (tertiary/aromatic N) is 1. The van der Waals surface area contributed by atoms with Crippen LogP contribution in [0.2, 0.25) is 0 Å². The summed E-state index contributed by atoms with van der Waals surface area (Å²) >= 11 is 1.82. The number of thioether (sulfide) groups is 1. The average molecular weight is 336 g/mol. The number of anilines is 1. The molecule has 1 N–H and O–H groups in total. The van der Waals surface area contributed by atoms with E-state index < -0.39 is 0 Å². The summed E-state index contributed by atoms with van der Waals surface area (Å²) in [6, 6.07) is 18.9. The molecule has 122 valence electrons. The highest BCUT2D eigenvalue weighted by molar-refractivity contribution is 8.00. The van der Waals surface area contributed by atoms with Crippen LogP contribution in [0, 0.1) is 0 Å². The molecule has 0 saturated heterocycles. The summed E-state index contributed by atoms with van der Waals surface area (Å²) in [5, 5.41) is 3.58. The van der Waals surface area contributed by atoms with Crippen molar-refractivity contribution in [3.05, 3.63) is 71.4 Å². The first kappa shape index (κ1) is 15.3. The van der Waals surface area contributed by atoms with E-state index in [0.29, 0.717) is 6.54 Å². The molecule has 0 saturated carbocycles. The Bertz CT molecular complexity index is 813. The number of hydrogen-bond acceptors (Lipinski definition) is 3. The van der Waals surface area contributed by atoms with Crippen molar-refractivity contribution in [1.29, 1.82) is 0 Å². The number of amides is 1. The van der Waals surface area contributed by atoms with Crippen LogP contribution in [0.1, 0.15) is 24.7 Å². The lowest BCUT2D eigenvalue weighted by Gasteiger charge is -2.24. The van der Waals surface area contributed by atoms with Crippen LogP contribution in [0.25, 0.3) is 0 Å². The van der Waals surface area contributed by atoms with Gasteiger partial charge in [0.25, 0.3) is 5.91 Å². The molecular weight excluding hydrogens is 316 g/mol. The van der Waals surface area contributed by atoms with Gasteiger partial charge in [-0.3, -0.25) is 4.79 Å². The standard InChI is InChI=1S/C20H20N2OS/c1-13(2)22-12-15-18(20(22)23)21-16-10-6-7-11-17(16)24-19(15)14-8-4-3-5-9-14/h3-11,13,19,21H,12H2,1-2H3. The van der Waals surface area contributed by atoms with E-state index in [1.165, 1.54) is 16.0 Å². The maximum absolute atomic E-state index is 12.9. The second-order valence-electron chi connectivity index (χ2n) is 6.46. The molecule has 1 unspecified atom stereocenters. The van der Waals surface area contributed by atoms with Gasteiger partial charge in [0.05, 0.1) is 10.9 Å². The van der Waals surface area contributed by atoms with Crippen LogP contribution < -0.4 is 5.32 Å². The van der Waals surface area contributed by atoms with Gasteiger partial charge in [0.1, 0.15) is 5.70 Å². The molecule has 2 aromatic rings. The predicted molar refractivity (Wildman–Crippen MR) is 99.0 cm³/mol. The first-order valence-corrected chi connectivity index (χ1v) is 9.15. The Hall–Kier alpha value is -2.20. The van der Waals surface area contributed by atoms with E-state index >= 15 is 0 Å². The van der Waals surface area contributed by atoms with E-state index in [9.17, 15) is 4.79 Å². The van der Waals surface area contributed by atoms with Crippen LogP contribution in [0.15, 0.2) is 70.8 Å². The number of hydrogen-bond donors (Lipinski definition) is 1. The Morgan fingerprint density at radius 1 is 1.08 bits per heavy atom. The lowest BCUT2D eigenvalue weighted by Crippen LogP contribution is -2.34. The van der Waals surface area contributed by atoms with Crippen LogP contribution in [0.4, 0.5) is 5.69 Å². The molecule has 2 aromatic carbocycles. The Morgan fingerprint density at radius 2 is 1.79 bits per heavy atom. The van der Waals surface area contributed by atoms with E-state index in [-0.39, 0.29) is 17.2 Å². The van der Waals surface area contributed by atoms with Crippen LogP contribution in [0.5, 0.6) is 0 Å². The zero-order chi connectivity index (χ0) is 16.7. The van der Waals surface area contributed by atoms with Gasteiger partial charge in [-0.15, -0.1) is 11.8 Å². The van der Waals surface area contributed by atoms with Crippen molar-refractivity contribution in [2.45, 2.75) is 30.0 Å². The number of para-hydroxylation sites is 1. The van der Waals surface area contributed by atoms with Gasteiger partial charge >= 0.3 is 0 Å². The Morgan fingerprint density at radius 3 is 2.54 bits per heavy atom. The molecule has 0 aromatic heterocycles. The van der Waals surface area contributed by atoms with Crippen LogP contribution in [-0.2, 0) is 4.79 Å². The molecule has 1 atom stereocenters. The number of carbonyl (C=O) groups excluding carboxylic acids is 1. The molecule has 2 aliphatic rings. The average Bonchev–Trinajstić information content (AvgIpc) is 2.82. The van der Waals surface area contributed by atoms with Gasteiger partial charge in [-0.05, 0) is 37.1 Å². The third-order valence-electron chi connectivity index (χ3n) is 4.57. The third-order valence-corrected chi connectivity index (χ3v) is 5.97. The zero-order valence-corrected chi connectivity index (χ0v) is 14.6. The lowest BCUT2D eigenvalue weighted by atomic mass is 10.0. The zero-order valence-electron chi connectivity index (χ0n) is 13.8. The van der Waals surface area contributed by atoms with E-state index in [4.69, 9.17) is 0 Å². The number of fused-ring (bicyclic) bond motifs is 1. The Kier molecular flexibility index (Phi) is 3.85. The van der Waals surface area contributed by atoms with Gasteiger partial charge in [0.15, 0.2) is 0 Å². The van der Waals surface area contributed by atoms with Crippen molar-refractivity contribution >= 4 is 23.4 Å². The lowest BCUT2D eigenvalue weighted by molar-refractivity contribution is -0.126. The van der Waals surface area contributed by atoms with Gasteiger partial charge in [0, 0.05) is 17.5 Å². The van der Waals surface area contributed by atoms with Crippen molar-refractivity contribution in [3.8, 4) is 0 Å². The molecule has 4 heteroatoms. The summed E-state index contributed by atoms with van der Waals surface area (Å²) in [6.07, 6.45) is 0. The van der Waals surface area contributed by atoms with E-state index in [0.717, 1.165) is 11.4 Å². The SMILES string of the molecule is CC(C)N1CC2=C(Nc3ccccc3SC2c2ccccc2)C1=O. The van der Waals surface area contributed by atoms with Crippen molar-refractivity contribution in [3.63, 3.8) is 0 Å². The summed E-state index contributed by atoms with van der Waals surface area (Å²) in [4.78, 5) is 16.0. The predicted octanol–water partition coefficient (Wildman–Crippen LogP) is 4.45. The van der Waals surface area contributed by atoms with Crippen LogP contribution in [-0.4, -0.2) is 23.4 Å². The second-order valence-corrected chi connectivity index (χ2v) is 7.60. The summed E-state index contributed by atoms with van der Waals surface area (Å²) in [6.45, 7) is 4.84. The Balaban J connectivity index is 1.84. The first-order chi connectivity index (χ1) is 11.6. The highest BCUT2D eigenvalue weighted by atomic mass is 32.2. The maximum Gasteiger partial charge on any atom is 0.270 e. The maximum atomic E-state index is 12.9. The van der Waals surface area contributed by atoms with Crippen molar-refractivity contribution in [2.75, 3.05) is 11.9 Å². The molecule has 1 amide bonds. The summed E-state index contributed by atoms with van der Waals surface area (Å²) in [5.74, 6) is 0.109. The van der Waals surface area contributed by atoms with Gasteiger partial charge in [0.2, 0.25) is 0 Å². The molecule has 2 aliphatic heterocycles. The molecular formula is C20H20N2OS. The van der Waals surface area contributed by atoms with Gasteiger partial charge in [-0.1, -0.05) is 42.5 Å². The van der Waals surface area contributed by atoms with Gasteiger partial charge < -0.3 is 10.2 Å². The van der Waals surface area contributed by atoms with Gasteiger partial charge in [-0.2, -0.15) is 0 Å². The fraction of sp³-hybridized carbons (Fsp3) is 0.250. The molecule has 0 aliphatic carbocycles. The number of carbonyl (C=O) groups is 1. The molecule has 0 fully saturated rings. The smallest absolute Gasteiger partial charge is 0.270 e. The molecule has 3 nitrogen and oxygen atoms in total. The fourth-order valence-electron chi connectivity index (χ4n) is 3.28. The normalized spacial score (nSPS) is 19.9. The topological polar surface area (TPSA) is 32.3 Å². The van der Waals surface area contributed by atoms with E-state index in [1.807, 2.05) is 40.9 Å². The first-order valence-electron chi connectivity index (χ1n) is 8.27. The minimum atomic E-state index is 0.109. The largest absolute Gasteiger partial charge is 0.350 e.